The summed E-state index contributed by atoms with van der Waals surface area (Å²) in [6.07, 6.45) is 0.495. The lowest BCUT2D eigenvalue weighted by molar-refractivity contribution is -0.385. The number of nitro benzene ring substituents is 1. The number of carbonyl (C=O) groups is 1. The Morgan fingerprint density at radius 3 is 2.67 bits per heavy atom. The molecule has 0 bridgehead atoms. The minimum Gasteiger partial charge on any atom is -0.370 e. The molecule has 0 N–H and O–H groups in total. The van der Waals surface area contributed by atoms with Gasteiger partial charge in [-0.05, 0) is 29.8 Å². The average molecular weight is 305 g/mol. The van der Waals surface area contributed by atoms with Crippen LogP contribution in [0.5, 0.6) is 0 Å². The molecule has 2 rings (SSSR count). The van der Waals surface area contributed by atoms with E-state index in [9.17, 15) is 14.9 Å². The molecule has 0 amide bonds. The summed E-state index contributed by atoms with van der Waals surface area (Å²) in [5.41, 5.74) is 1.61. The maximum atomic E-state index is 11.0. The first kappa shape index (κ1) is 15.0. The van der Waals surface area contributed by atoms with Crippen LogP contribution in [0.25, 0.3) is 0 Å². The Morgan fingerprint density at radius 1 is 1.29 bits per heavy atom. The predicted molar refractivity (Wildman–Crippen MR) is 82.0 cm³/mol. The van der Waals surface area contributed by atoms with Crippen LogP contribution in [0.4, 0.5) is 11.4 Å². The number of nitro groups is 1. The Hall–Kier alpha value is -2.40. The molecule has 0 aromatic heterocycles. The van der Waals surface area contributed by atoms with E-state index in [0.29, 0.717) is 17.9 Å². The Morgan fingerprint density at radius 2 is 2.05 bits per heavy atom. The molecule has 5 nitrogen and oxygen atoms in total. The summed E-state index contributed by atoms with van der Waals surface area (Å²) < 4.78 is 0. The van der Waals surface area contributed by atoms with Crippen molar-refractivity contribution in [3.8, 4) is 0 Å². The standard InChI is InChI=1S/C15H13ClN2O3/c1-17(9-11-3-2-4-13(16)7-11)14-5-6-15(18(20)21)12(8-14)10-19/h2-8,10H,9H2,1H3. The SMILES string of the molecule is CN(Cc1cccc(Cl)c1)c1ccc([N+](=O)[O-])c(C=O)c1. The summed E-state index contributed by atoms with van der Waals surface area (Å²) >= 11 is 5.94. The van der Waals surface area contributed by atoms with E-state index >= 15 is 0 Å². The van der Waals surface area contributed by atoms with Crippen molar-refractivity contribution in [1.29, 1.82) is 0 Å². The molecule has 0 saturated heterocycles. The van der Waals surface area contributed by atoms with E-state index in [2.05, 4.69) is 0 Å². The average Bonchev–Trinajstić information content (AvgIpc) is 2.46. The van der Waals surface area contributed by atoms with Crippen molar-refractivity contribution in [2.75, 3.05) is 11.9 Å². The van der Waals surface area contributed by atoms with E-state index in [-0.39, 0.29) is 11.3 Å². The van der Waals surface area contributed by atoms with Gasteiger partial charge in [0.25, 0.3) is 5.69 Å². The van der Waals surface area contributed by atoms with Crippen molar-refractivity contribution in [3.05, 3.63) is 68.7 Å². The van der Waals surface area contributed by atoms with Gasteiger partial charge in [0.1, 0.15) is 0 Å². The third-order valence-corrected chi connectivity index (χ3v) is 3.32. The molecule has 0 fully saturated rings. The van der Waals surface area contributed by atoms with Gasteiger partial charge in [-0.15, -0.1) is 0 Å². The number of halogens is 1. The summed E-state index contributed by atoms with van der Waals surface area (Å²) in [5, 5.41) is 11.5. The molecule has 108 valence electrons. The second-order valence-electron chi connectivity index (χ2n) is 4.60. The number of carbonyl (C=O) groups excluding carboxylic acids is 1. The first-order valence-corrected chi connectivity index (χ1v) is 6.58. The Kier molecular flexibility index (Phi) is 4.55. The van der Waals surface area contributed by atoms with E-state index < -0.39 is 4.92 Å². The van der Waals surface area contributed by atoms with Crippen LogP contribution in [0, 0.1) is 10.1 Å². The Bertz CT molecular complexity index is 688. The highest BCUT2D eigenvalue weighted by Gasteiger charge is 2.14. The van der Waals surface area contributed by atoms with E-state index in [1.807, 2.05) is 30.1 Å². The second-order valence-corrected chi connectivity index (χ2v) is 5.04. The van der Waals surface area contributed by atoms with Gasteiger partial charge in [0.05, 0.1) is 10.5 Å². The summed E-state index contributed by atoms with van der Waals surface area (Å²) in [6.45, 7) is 0.580. The Labute approximate surface area is 126 Å². The number of aldehydes is 1. The first-order valence-electron chi connectivity index (χ1n) is 6.20. The summed E-state index contributed by atoms with van der Waals surface area (Å²) in [6, 6.07) is 11.9. The molecule has 0 spiro atoms. The number of rotatable bonds is 5. The van der Waals surface area contributed by atoms with Crippen molar-refractivity contribution >= 4 is 29.3 Å². The molecular weight excluding hydrogens is 292 g/mol. The molecule has 21 heavy (non-hydrogen) atoms. The molecule has 0 unspecified atom stereocenters. The predicted octanol–water partition coefficient (Wildman–Crippen LogP) is 3.70. The Balaban J connectivity index is 2.25. The number of anilines is 1. The molecule has 0 aliphatic rings. The van der Waals surface area contributed by atoms with E-state index in [1.165, 1.54) is 12.1 Å². The molecule has 0 saturated carbocycles. The minimum atomic E-state index is -0.565. The fraction of sp³-hybridized carbons (Fsp3) is 0.133. The van der Waals surface area contributed by atoms with Gasteiger partial charge in [-0.1, -0.05) is 23.7 Å². The number of hydrogen-bond acceptors (Lipinski definition) is 4. The largest absolute Gasteiger partial charge is 0.370 e. The lowest BCUT2D eigenvalue weighted by atomic mass is 10.1. The minimum absolute atomic E-state index is 0.0652. The molecule has 0 aliphatic carbocycles. The van der Waals surface area contributed by atoms with Crippen LogP contribution in [0.1, 0.15) is 15.9 Å². The van der Waals surface area contributed by atoms with Crippen LogP contribution >= 0.6 is 11.6 Å². The van der Waals surface area contributed by atoms with E-state index in [0.717, 1.165) is 11.3 Å². The van der Waals surface area contributed by atoms with Gasteiger partial charge in [-0.2, -0.15) is 0 Å². The van der Waals surface area contributed by atoms with Crippen LogP contribution in [0.2, 0.25) is 5.02 Å². The quantitative estimate of drug-likeness (QED) is 0.480. The van der Waals surface area contributed by atoms with Crippen LogP contribution < -0.4 is 4.90 Å². The van der Waals surface area contributed by atoms with Gasteiger partial charge >= 0.3 is 0 Å². The zero-order valence-corrected chi connectivity index (χ0v) is 12.1. The summed E-state index contributed by atoms with van der Waals surface area (Å²) in [5.74, 6) is 0. The van der Waals surface area contributed by atoms with E-state index in [4.69, 9.17) is 11.6 Å². The summed E-state index contributed by atoms with van der Waals surface area (Å²) in [4.78, 5) is 23.1. The normalized spacial score (nSPS) is 10.2. The van der Waals surface area contributed by atoms with Crippen molar-refractivity contribution in [1.82, 2.24) is 0 Å². The molecule has 0 atom stereocenters. The smallest absolute Gasteiger partial charge is 0.280 e. The topological polar surface area (TPSA) is 63.4 Å². The lowest BCUT2D eigenvalue weighted by Crippen LogP contribution is -2.16. The lowest BCUT2D eigenvalue weighted by Gasteiger charge is -2.19. The monoisotopic (exact) mass is 304 g/mol. The molecule has 2 aromatic carbocycles. The van der Waals surface area contributed by atoms with Crippen LogP contribution in [0.15, 0.2) is 42.5 Å². The second kappa shape index (κ2) is 6.37. The van der Waals surface area contributed by atoms with Crippen LogP contribution in [0.3, 0.4) is 0 Å². The zero-order valence-electron chi connectivity index (χ0n) is 11.3. The van der Waals surface area contributed by atoms with Gasteiger partial charge in [0, 0.05) is 30.4 Å². The van der Waals surface area contributed by atoms with Gasteiger partial charge in [0.15, 0.2) is 6.29 Å². The van der Waals surface area contributed by atoms with E-state index in [1.54, 1.807) is 12.1 Å². The van der Waals surface area contributed by atoms with Crippen LogP contribution in [-0.2, 0) is 6.54 Å². The fourth-order valence-electron chi connectivity index (χ4n) is 2.04. The maximum Gasteiger partial charge on any atom is 0.280 e. The third-order valence-electron chi connectivity index (χ3n) is 3.08. The van der Waals surface area contributed by atoms with Crippen molar-refractivity contribution in [2.24, 2.45) is 0 Å². The number of benzene rings is 2. The highest BCUT2D eigenvalue weighted by molar-refractivity contribution is 6.30. The zero-order chi connectivity index (χ0) is 15.4. The van der Waals surface area contributed by atoms with Crippen molar-refractivity contribution in [3.63, 3.8) is 0 Å². The highest BCUT2D eigenvalue weighted by atomic mass is 35.5. The fourth-order valence-corrected chi connectivity index (χ4v) is 2.25. The molecule has 0 aliphatic heterocycles. The molecule has 6 heteroatoms. The summed E-state index contributed by atoms with van der Waals surface area (Å²) in [7, 11) is 1.84. The van der Waals surface area contributed by atoms with Crippen molar-refractivity contribution in [2.45, 2.75) is 6.54 Å². The number of nitrogens with zero attached hydrogens (tertiary/aromatic N) is 2. The maximum absolute atomic E-state index is 11.0. The van der Waals surface area contributed by atoms with Crippen LogP contribution in [-0.4, -0.2) is 18.3 Å². The number of hydrogen-bond donors (Lipinski definition) is 0. The molecule has 2 aromatic rings. The first-order chi connectivity index (χ1) is 10.0. The van der Waals surface area contributed by atoms with Gasteiger partial charge in [-0.3, -0.25) is 14.9 Å². The molecular formula is C15H13ClN2O3. The molecule has 0 heterocycles. The van der Waals surface area contributed by atoms with Gasteiger partial charge < -0.3 is 4.90 Å². The van der Waals surface area contributed by atoms with Gasteiger partial charge in [0.2, 0.25) is 0 Å². The highest BCUT2D eigenvalue weighted by Crippen LogP contribution is 2.24. The third kappa shape index (κ3) is 3.58. The van der Waals surface area contributed by atoms with Crippen molar-refractivity contribution < 1.29 is 9.72 Å². The van der Waals surface area contributed by atoms with Gasteiger partial charge in [-0.25, -0.2) is 0 Å². The molecule has 0 radical (unpaired) electrons.